The maximum atomic E-state index is 12.5. The summed E-state index contributed by atoms with van der Waals surface area (Å²) in [6.07, 6.45) is 1.53. The fourth-order valence-corrected chi connectivity index (χ4v) is 3.76. The van der Waals surface area contributed by atoms with E-state index in [4.69, 9.17) is 19.3 Å². The highest BCUT2D eigenvalue weighted by atomic mass is 32.2. The van der Waals surface area contributed by atoms with Crippen LogP contribution in [0.3, 0.4) is 0 Å². The van der Waals surface area contributed by atoms with Gasteiger partial charge in [-0.2, -0.15) is 0 Å². The van der Waals surface area contributed by atoms with E-state index in [1.54, 1.807) is 37.3 Å². The number of aromatic carboxylic acids is 1. The van der Waals surface area contributed by atoms with Crippen LogP contribution in [0.25, 0.3) is 6.08 Å². The fourth-order valence-electron chi connectivity index (χ4n) is 2.92. The van der Waals surface area contributed by atoms with Crippen LogP contribution in [0.4, 0.5) is 4.79 Å². The van der Waals surface area contributed by atoms with Crippen molar-refractivity contribution in [3.8, 4) is 11.5 Å². The average Bonchev–Trinajstić information content (AvgIpc) is 3.05. The molecule has 0 aromatic heterocycles. The van der Waals surface area contributed by atoms with Gasteiger partial charge in [0.25, 0.3) is 11.1 Å². The Bertz CT molecular complexity index is 1110. The normalized spacial score (nSPS) is 14.5. The van der Waals surface area contributed by atoms with Crippen LogP contribution in [0, 0.1) is 0 Å². The Labute approximate surface area is 193 Å². The first kappa shape index (κ1) is 23.9. The van der Waals surface area contributed by atoms with Crippen LogP contribution in [0.15, 0.2) is 47.4 Å². The highest BCUT2D eigenvalue weighted by Gasteiger charge is 2.36. The van der Waals surface area contributed by atoms with E-state index >= 15 is 0 Å². The quantitative estimate of drug-likeness (QED) is 0.432. The van der Waals surface area contributed by atoms with Gasteiger partial charge in [-0.05, 0) is 60.2 Å². The second kappa shape index (κ2) is 10.7. The molecule has 2 amide bonds. The van der Waals surface area contributed by atoms with Gasteiger partial charge in [-0.15, -0.1) is 0 Å². The molecule has 172 valence electrons. The smallest absolute Gasteiger partial charge is 0.335 e. The fraction of sp³-hybridized carbons (Fsp3) is 0.217. The highest BCUT2D eigenvalue weighted by Crippen LogP contribution is 2.34. The van der Waals surface area contributed by atoms with E-state index in [-0.39, 0.29) is 23.7 Å². The van der Waals surface area contributed by atoms with Crippen LogP contribution in [-0.2, 0) is 20.9 Å². The number of thioether (sulfide) groups is 1. The second-order valence-corrected chi connectivity index (χ2v) is 7.77. The molecule has 9 nitrogen and oxygen atoms in total. The number of carboxylic acids is 1. The zero-order valence-electron chi connectivity index (χ0n) is 17.9. The van der Waals surface area contributed by atoms with Crippen LogP contribution in [0.5, 0.6) is 11.5 Å². The van der Waals surface area contributed by atoms with E-state index in [0.717, 1.165) is 22.2 Å². The number of esters is 1. The summed E-state index contributed by atoms with van der Waals surface area (Å²) in [6, 6.07) is 11.3. The molecule has 10 heteroatoms. The zero-order chi connectivity index (χ0) is 24.0. The number of hydrogen-bond acceptors (Lipinski definition) is 8. The molecule has 1 aliphatic heterocycles. The zero-order valence-corrected chi connectivity index (χ0v) is 18.7. The summed E-state index contributed by atoms with van der Waals surface area (Å²) in [4.78, 5) is 48.2. The first-order valence-electron chi connectivity index (χ1n) is 9.86. The minimum atomic E-state index is -1.00. The first-order chi connectivity index (χ1) is 15.8. The number of imide groups is 1. The molecule has 0 atom stereocenters. The standard InChI is InChI=1S/C23H21NO8S/c1-3-31-20(25)12-24-21(26)19(33-23(24)29)11-15-6-9-17(18(10-15)30-2)32-13-14-4-7-16(8-5-14)22(27)28/h4-11H,3,12-13H2,1-2H3,(H,27,28)/b19-11-. The molecule has 2 aromatic rings. The Morgan fingerprint density at radius 3 is 2.45 bits per heavy atom. The number of carbonyl (C=O) groups excluding carboxylic acids is 3. The molecule has 0 bridgehead atoms. The lowest BCUT2D eigenvalue weighted by molar-refractivity contribution is -0.145. The number of benzene rings is 2. The predicted molar refractivity (Wildman–Crippen MR) is 120 cm³/mol. The van der Waals surface area contributed by atoms with Crippen LogP contribution in [0.1, 0.15) is 28.4 Å². The van der Waals surface area contributed by atoms with E-state index < -0.39 is 29.6 Å². The number of nitrogens with zero attached hydrogens (tertiary/aromatic N) is 1. The molecular formula is C23H21NO8S. The molecule has 3 rings (SSSR count). The maximum absolute atomic E-state index is 12.5. The Morgan fingerprint density at radius 1 is 1.09 bits per heavy atom. The number of carboxylic acid groups (broad SMARTS) is 1. The molecule has 0 radical (unpaired) electrons. The number of hydrogen-bond donors (Lipinski definition) is 1. The van der Waals surface area contributed by atoms with Gasteiger partial charge in [-0.1, -0.05) is 18.2 Å². The van der Waals surface area contributed by atoms with Crippen LogP contribution < -0.4 is 9.47 Å². The molecule has 1 saturated heterocycles. The molecule has 33 heavy (non-hydrogen) atoms. The van der Waals surface area contributed by atoms with E-state index in [1.807, 2.05) is 0 Å². The van der Waals surface area contributed by atoms with Crippen molar-refractivity contribution in [1.29, 1.82) is 0 Å². The molecule has 0 unspecified atom stereocenters. The molecule has 1 aliphatic rings. The molecule has 2 aromatic carbocycles. The second-order valence-electron chi connectivity index (χ2n) is 6.77. The van der Waals surface area contributed by atoms with Gasteiger partial charge in [0.2, 0.25) is 0 Å². The van der Waals surface area contributed by atoms with E-state index in [9.17, 15) is 19.2 Å². The lowest BCUT2D eigenvalue weighted by Gasteiger charge is -2.12. The Kier molecular flexibility index (Phi) is 7.73. The lowest BCUT2D eigenvalue weighted by Crippen LogP contribution is -2.34. The van der Waals surface area contributed by atoms with Gasteiger partial charge in [0, 0.05) is 0 Å². The van der Waals surface area contributed by atoms with Crippen molar-refractivity contribution >= 4 is 40.9 Å². The van der Waals surface area contributed by atoms with Crippen molar-refractivity contribution in [2.24, 2.45) is 0 Å². The minimum absolute atomic E-state index is 0.159. The molecule has 1 fully saturated rings. The molecular weight excluding hydrogens is 450 g/mol. The number of ether oxygens (including phenoxy) is 3. The van der Waals surface area contributed by atoms with Crippen LogP contribution in [0.2, 0.25) is 0 Å². The van der Waals surface area contributed by atoms with Gasteiger partial charge in [0.15, 0.2) is 11.5 Å². The summed E-state index contributed by atoms with van der Waals surface area (Å²) in [5.74, 6) is -1.36. The van der Waals surface area contributed by atoms with E-state index in [0.29, 0.717) is 17.1 Å². The molecule has 0 aliphatic carbocycles. The molecule has 0 spiro atoms. The van der Waals surface area contributed by atoms with Gasteiger partial charge < -0.3 is 19.3 Å². The van der Waals surface area contributed by atoms with Crippen molar-refractivity contribution in [3.63, 3.8) is 0 Å². The maximum Gasteiger partial charge on any atom is 0.335 e. The first-order valence-corrected chi connectivity index (χ1v) is 10.7. The van der Waals surface area contributed by atoms with Crippen LogP contribution >= 0.6 is 11.8 Å². The summed E-state index contributed by atoms with van der Waals surface area (Å²) in [6.45, 7) is 1.57. The van der Waals surface area contributed by atoms with Gasteiger partial charge in [0.1, 0.15) is 13.2 Å². The van der Waals surface area contributed by atoms with Crippen molar-refractivity contribution in [2.45, 2.75) is 13.5 Å². The third-order valence-corrected chi connectivity index (χ3v) is 5.45. The van der Waals surface area contributed by atoms with E-state index in [2.05, 4.69) is 0 Å². The Hall–Kier alpha value is -3.79. The monoisotopic (exact) mass is 471 g/mol. The molecule has 1 N–H and O–H groups in total. The third kappa shape index (κ3) is 5.92. The SMILES string of the molecule is CCOC(=O)CN1C(=O)S/C(=C\c2ccc(OCc3ccc(C(=O)O)cc3)c(OC)c2)C1=O. The number of methoxy groups -OCH3 is 1. The summed E-state index contributed by atoms with van der Waals surface area (Å²) in [7, 11) is 1.47. The van der Waals surface area contributed by atoms with Crippen molar-refractivity contribution < 1.29 is 38.5 Å². The highest BCUT2D eigenvalue weighted by molar-refractivity contribution is 8.18. The van der Waals surface area contributed by atoms with Gasteiger partial charge in [-0.3, -0.25) is 19.3 Å². The van der Waals surface area contributed by atoms with Gasteiger partial charge in [0.05, 0.1) is 24.2 Å². The third-order valence-electron chi connectivity index (χ3n) is 4.55. The average molecular weight is 471 g/mol. The largest absolute Gasteiger partial charge is 0.493 e. The summed E-state index contributed by atoms with van der Waals surface area (Å²) < 4.78 is 16.0. The summed E-state index contributed by atoms with van der Waals surface area (Å²) in [5, 5.41) is 8.43. The van der Waals surface area contributed by atoms with Crippen LogP contribution in [-0.4, -0.2) is 53.4 Å². The molecule has 1 heterocycles. The van der Waals surface area contributed by atoms with Crippen molar-refractivity contribution in [1.82, 2.24) is 4.90 Å². The van der Waals surface area contributed by atoms with Crippen molar-refractivity contribution in [3.05, 3.63) is 64.1 Å². The minimum Gasteiger partial charge on any atom is -0.493 e. The Balaban J connectivity index is 1.70. The van der Waals surface area contributed by atoms with Gasteiger partial charge in [-0.25, -0.2) is 4.79 Å². The Morgan fingerprint density at radius 2 is 1.82 bits per heavy atom. The van der Waals surface area contributed by atoms with E-state index in [1.165, 1.54) is 25.3 Å². The predicted octanol–water partition coefficient (Wildman–Crippen LogP) is 3.57. The number of carbonyl (C=O) groups is 4. The van der Waals surface area contributed by atoms with Gasteiger partial charge >= 0.3 is 11.9 Å². The number of rotatable bonds is 9. The topological polar surface area (TPSA) is 119 Å². The van der Waals surface area contributed by atoms with Crippen molar-refractivity contribution in [2.75, 3.05) is 20.3 Å². The summed E-state index contributed by atoms with van der Waals surface area (Å²) in [5.41, 5.74) is 1.57. The lowest BCUT2D eigenvalue weighted by atomic mass is 10.1. The number of amides is 2. The summed E-state index contributed by atoms with van der Waals surface area (Å²) >= 11 is 0.742. The molecule has 0 saturated carbocycles.